The first-order chi connectivity index (χ1) is 9.00. The zero-order valence-electron chi connectivity index (χ0n) is 11.0. The highest BCUT2D eigenvalue weighted by Crippen LogP contribution is 2.33. The lowest BCUT2D eigenvalue weighted by Gasteiger charge is -2.06. The summed E-state index contributed by atoms with van der Waals surface area (Å²) in [7, 11) is -3.14. The Morgan fingerprint density at radius 2 is 2.26 bits per heavy atom. The van der Waals surface area contributed by atoms with Gasteiger partial charge in [-0.25, -0.2) is 13.1 Å². The van der Waals surface area contributed by atoms with Gasteiger partial charge >= 0.3 is 0 Å². The summed E-state index contributed by atoms with van der Waals surface area (Å²) in [6, 6.07) is 7.67. The summed E-state index contributed by atoms with van der Waals surface area (Å²) in [5.41, 5.74) is 6.38. The predicted molar refractivity (Wildman–Crippen MR) is 80.7 cm³/mol. The molecular formula is C13H20N2O2S2. The fraction of sp³-hybridized carbons (Fsp3) is 0.538. The first-order valence-electron chi connectivity index (χ1n) is 6.48. The molecule has 0 aromatic heterocycles. The van der Waals surface area contributed by atoms with Gasteiger partial charge in [-0.3, -0.25) is 0 Å². The third-order valence-corrected chi connectivity index (χ3v) is 5.91. The second-order valence-electron chi connectivity index (χ2n) is 4.87. The Bertz CT molecular complexity index is 531. The highest BCUT2D eigenvalue weighted by Gasteiger charge is 2.37. The normalized spacial score (nSPS) is 22.4. The number of sulfonamides is 1. The Labute approximate surface area is 119 Å². The van der Waals surface area contributed by atoms with Crippen molar-refractivity contribution in [3.05, 3.63) is 24.3 Å². The second-order valence-corrected chi connectivity index (χ2v) is 7.91. The lowest BCUT2D eigenvalue weighted by atomic mass is 10.3. The van der Waals surface area contributed by atoms with Gasteiger partial charge in [0, 0.05) is 22.4 Å². The topological polar surface area (TPSA) is 72.2 Å². The van der Waals surface area contributed by atoms with Gasteiger partial charge in [0.05, 0.1) is 5.75 Å². The van der Waals surface area contributed by atoms with Gasteiger partial charge in [-0.1, -0.05) is 19.4 Å². The number of nitrogens with two attached hydrogens (primary N) is 1. The molecule has 0 saturated heterocycles. The molecular weight excluding hydrogens is 280 g/mol. The minimum atomic E-state index is -3.14. The Balaban J connectivity index is 1.75. The minimum absolute atomic E-state index is 0.152. The average Bonchev–Trinajstić information content (AvgIpc) is 3.06. The van der Waals surface area contributed by atoms with E-state index in [1.54, 1.807) is 0 Å². The largest absolute Gasteiger partial charge is 0.399 e. The van der Waals surface area contributed by atoms with E-state index >= 15 is 0 Å². The molecule has 1 aromatic carbocycles. The molecule has 0 amide bonds. The molecule has 1 aromatic rings. The molecule has 2 unspecified atom stereocenters. The van der Waals surface area contributed by atoms with Crippen LogP contribution in [0.1, 0.15) is 19.8 Å². The average molecular weight is 300 g/mol. The summed E-state index contributed by atoms with van der Waals surface area (Å²) in [5.74, 6) is 1.23. The number of nitrogen functional groups attached to an aromatic ring is 1. The van der Waals surface area contributed by atoms with E-state index in [0.717, 1.165) is 17.7 Å². The van der Waals surface area contributed by atoms with E-state index in [9.17, 15) is 8.42 Å². The molecule has 1 saturated carbocycles. The van der Waals surface area contributed by atoms with Crippen molar-refractivity contribution >= 4 is 27.5 Å². The van der Waals surface area contributed by atoms with Gasteiger partial charge in [0.2, 0.25) is 10.0 Å². The number of hydrogen-bond acceptors (Lipinski definition) is 4. The third kappa shape index (κ3) is 4.71. The molecule has 6 heteroatoms. The van der Waals surface area contributed by atoms with E-state index in [1.807, 2.05) is 24.3 Å². The van der Waals surface area contributed by atoms with Crippen molar-refractivity contribution in [1.82, 2.24) is 4.72 Å². The summed E-state index contributed by atoms with van der Waals surface area (Å²) in [6.07, 6.45) is 2.03. The van der Waals surface area contributed by atoms with Crippen molar-refractivity contribution in [2.75, 3.05) is 17.2 Å². The van der Waals surface area contributed by atoms with Gasteiger partial charge in [-0.15, -0.1) is 11.8 Å². The molecule has 4 nitrogen and oxygen atoms in total. The Morgan fingerprint density at radius 3 is 2.89 bits per heavy atom. The van der Waals surface area contributed by atoms with E-state index in [0.29, 0.717) is 17.4 Å². The van der Waals surface area contributed by atoms with Crippen LogP contribution in [-0.2, 0) is 10.0 Å². The Hall–Kier alpha value is -0.720. The zero-order chi connectivity index (χ0) is 13.9. The summed E-state index contributed by atoms with van der Waals surface area (Å²) in [4.78, 5) is 1.01. The molecule has 19 heavy (non-hydrogen) atoms. The Kier molecular flexibility index (Phi) is 4.76. The summed E-state index contributed by atoms with van der Waals surface area (Å²) in [5, 5.41) is 0. The number of thioether (sulfide) groups is 1. The smallest absolute Gasteiger partial charge is 0.212 e. The highest BCUT2D eigenvalue weighted by molar-refractivity contribution is 8.00. The molecule has 3 N–H and O–H groups in total. The molecule has 0 radical (unpaired) electrons. The van der Waals surface area contributed by atoms with Crippen LogP contribution in [0, 0.1) is 5.92 Å². The van der Waals surface area contributed by atoms with Crippen LogP contribution in [0.25, 0.3) is 0 Å². The van der Waals surface area contributed by atoms with Gasteiger partial charge in [0.15, 0.2) is 0 Å². The number of benzene rings is 1. The zero-order valence-corrected chi connectivity index (χ0v) is 12.6. The Morgan fingerprint density at radius 1 is 1.47 bits per heavy atom. The predicted octanol–water partition coefficient (Wildman–Crippen LogP) is 2.08. The van der Waals surface area contributed by atoms with Crippen LogP contribution in [0.5, 0.6) is 0 Å². The fourth-order valence-corrected chi connectivity index (χ4v) is 4.71. The first kappa shape index (κ1) is 14.7. The maximum atomic E-state index is 11.9. The molecule has 1 aliphatic rings. The van der Waals surface area contributed by atoms with Crippen molar-refractivity contribution in [3.63, 3.8) is 0 Å². The first-order valence-corrected chi connectivity index (χ1v) is 9.12. The molecule has 0 spiro atoms. The molecule has 0 bridgehead atoms. The van der Waals surface area contributed by atoms with Gasteiger partial charge < -0.3 is 5.73 Å². The molecule has 0 aliphatic heterocycles. The van der Waals surface area contributed by atoms with Gasteiger partial charge in [-0.05, 0) is 30.5 Å². The van der Waals surface area contributed by atoms with Crippen molar-refractivity contribution < 1.29 is 8.42 Å². The number of anilines is 1. The summed E-state index contributed by atoms with van der Waals surface area (Å²) >= 11 is 1.52. The maximum Gasteiger partial charge on any atom is 0.212 e. The van der Waals surface area contributed by atoms with Crippen LogP contribution in [0.3, 0.4) is 0 Å². The molecule has 0 heterocycles. The molecule has 2 rings (SSSR count). The van der Waals surface area contributed by atoms with Crippen LogP contribution in [0.15, 0.2) is 29.2 Å². The van der Waals surface area contributed by atoms with Crippen molar-refractivity contribution in [2.24, 2.45) is 5.92 Å². The maximum absolute atomic E-state index is 11.9. The van der Waals surface area contributed by atoms with Gasteiger partial charge in [-0.2, -0.15) is 0 Å². The highest BCUT2D eigenvalue weighted by atomic mass is 32.2. The monoisotopic (exact) mass is 300 g/mol. The van der Waals surface area contributed by atoms with Crippen molar-refractivity contribution in [2.45, 2.75) is 30.7 Å². The van der Waals surface area contributed by atoms with Crippen LogP contribution in [0.4, 0.5) is 5.69 Å². The number of rotatable bonds is 7. The van der Waals surface area contributed by atoms with Crippen molar-refractivity contribution in [3.8, 4) is 0 Å². The fourth-order valence-electron chi connectivity index (χ4n) is 2.01. The summed E-state index contributed by atoms with van der Waals surface area (Å²) < 4.78 is 26.5. The number of nitrogens with one attached hydrogen (secondary N) is 1. The lowest BCUT2D eigenvalue weighted by molar-refractivity contribution is 0.577. The van der Waals surface area contributed by atoms with E-state index in [1.165, 1.54) is 11.8 Å². The minimum Gasteiger partial charge on any atom is -0.399 e. The molecule has 1 aliphatic carbocycles. The SMILES string of the molecule is CCC1CC1NS(=O)(=O)CCSc1cccc(N)c1. The molecule has 106 valence electrons. The van der Waals surface area contributed by atoms with Crippen LogP contribution in [-0.4, -0.2) is 26.0 Å². The third-order valence-electron chi connectivity index (χ3n) is 3.26. The number of hydrogen-bond donors (Lipinski definition) is 2. The van der Waals surface area contributed by atoms with Crippen LogP contribution >= 0.6 is 11.8 Å². The summed E-state index contributed by atoms with van der Waals surface area (Å²) in [6.45, 7) is 2.09. The van der Waals surface area contributed by atoms with Gasteiger partial charge in [0.25, 0.3) is 0 Å². The van der Waals surface area contributed by atoms with E-state index in [2.05, 4.69) is 11.6 Å². The lowest BCUT2D eigenvalue weighted by Crippen LogP contribution is -2.30. The van der Waals surface area contributed by atoms with E-state index in [-0.39, 0.29) is 11.8 Å². The quantitative estimate of drug-likeness (QED) is 0.597. The van der Waals surface area contributed by atoms with Crippen molar-refractivity contribution in [1.29, 1.82) is 0 Å². The second kappa shape index (κ2) is 6.15. The van der Waals surface area contributed by atoms with Crippen LogP contribution < -0.4 is 10.5 Å². The van der Waals surface area contributed by atoms with Crippen LogP contribution in [0.2, 0.25) is 0 Å². The molecule has 1 fully saturated rings. The van der Waals surface area contributed by atoms with E-state index < -0.39 is 10.0 Å². The molecule has 2 atom stereocenters. The standard InChI is InChI=1S/C13H20N2O2S2/c1-2-10-8-13(10)15-19(16,17)7-6-18-12-5-3-4-11(14)9-12/h3-5,9-10,13,15H,2,6-8,14H2,1H3. The van der Waals surface area contributed by atoms with E-state index in [4.69, 9.17) is 5.73 Å². The van der Waals surface area contributed by atoms with Gasteiger partial charge in [0.1, 0.15) is 0 Å².